The quantitative estimate of drug-likeness (QED) is 0.811. The first-order chi connectivity index (χ1) is 11.5. The van der Waals surface area contributed by atoms with Crippen LogP contribution in [0, 0.1) is 5.82 Å². The Morgan fingerprint density at radius 1 is 1.17 bits per heavy atom. The largest absolute Gasteiger partial charge is 0.368 e. The van der Waals surface area contributed by atoms with Gasteiger partial charge in [-0.2, -0.15) is 0 Å². The highest BCUT2D eigenvalue weighted by molar-refractivity contribution is 5.89. The van der Waals surface area contributed by atoms with Crippen LogP contribution in [0.5, 0.6) is 0 Å². The Bertz CT molecular complexity index is 706. The first-order valence-electron chi connectivity index (χ1n) is 7.43. The van der Waals surface area contributed by atoms with Crippen molar-refractivity contribution in [3.63, 3.8) is 0 Å². The molecule has 0 aromatic heterocycles. The fourth-order valence-corrected chi connectivity index (χ4v) is 2.39. The molecule has 0 saturated carbocycles. The third kappa shape index (κ3) is 4.63. The van der Waals surface area contributed by atoms with Gasteiger partial charge in [-0.05, 0) is 23.3 Å². The summed E-state index contributed by atoms with van der Waals surface area (Å²) in [6, 6.07) is 13.7. The summed E-state index contributed by atoms with van der Waals surface area (Å²) in [6.07, 6.45) is -0.759. The van der Waals surface area contributed by atoms with Crippen LogP contribution in [0.1, 0.15) is 17.2 Å². The Hall–Kier alpha value is -2.73. The van der Waals surface area contributed by atoms with Gasteiger partial charge in [-0.1, -0.05) is 42.5 Å². The van der Waals surface area contributed by atoms with E-state index in [1.54, 1.807) is 30.3 Å². The number of carbonyl (C=O) groups is 2. The standard InChI is InChI=1S/C18H19FN2O3/c1-24-16(13-7-3-2-4-8-13)18(23)21-15(17(20)22)11-12-6-5-9-14(19)10-12/h2-10,15-16H,11H2,1H3,(H2,20,22)(H,21,23)/t15-,16+/m0/s1. The highest BCUT2D eigenvalue weighted by Gasteiger charge is 2.25. The van der Waals surface area contributed by atoms with E-state index >= 15 is 0 Å². The van der Waals surface area contributed by atoms with E-state index in [4.69, 9.17) is 10.5 Å². The molecule has 0 saturated heterocycles. The van der Waals surface area contributed by atoms with Crippen molar-refractivity contribution in [2.45, 2.75) is 18.6 Å². The summed E-state index contributed by atoms with van der Waals surface area (Å²) < 4.78 is 18.5. The van der Waals surface area contributed by atoms with Crippen molar-refractivity contribution in [3.8, 4) is 0 Å². The van der Waals surface area contributed by atoms with E-state index in [1.165, 1.54) is 25.3 Å². The molecule has 0 unspecified atom stereocenters. The molecule has 0 heterocycles. The fourth-order valence-electron chi connectivity index (χ4n) is 2.39. The molecule has 0 fully saturated rings. The van der Waals surface area contributed by atoms with E-state index in [-0.39, 0.29) is 6.42 Å². The minimum atomic E-state index is -0.958. The molecule has 0 radical (unpaired) electrons. The lowest BCUT2D eigenvalue weighted by Crippen LogP contribution is -2.47. The Morgan fingerprint density at radius 3 is 2.46 bits per heavy atom. The van der Waals surface area contributed by atoms with E-state index in [9.17, 15) is 14.0 Å². The average molecular weight is 330 g/mol. The molecule has 2 amide bonds. The first-order valence-corrected chi connectivity index (χ1v) is 7.43. The monoisotopic (exact) mass is 330 g/mol. The highest BCUT2D eigenvalue weighted by Crippen LogP contribution is 2.17. The predicted molar refractivity (Wildman–Crippen MR) is 87.4 cm³/mol. The summed E-state index contributed by atoms with van der Waals surface area (Å²) in [6.45, 7) is 0. The molecule has 24 heavy (non-hydrogen) atoms. The molecule has 0 bridgehead atoms. The number of nitrogens with one attached hydrogen (secondary N) is 1. The zero-order valence-corrected chi connectivity index (χ0v) is 13.2. The molecule has 126 valence electrons. The molecule has 2 aromatic rings. The molecule has 2 aromatic carbocycles. The topological polar surface area (TPSA) is 81.4 Å². The molecule has 6 heteroatoms. The second-order valence-corrected chi connectivity index (χ2v) is 5.32. The summed E-state index contributed by atoms with van der Waals surface area (Å²) in [5.41, 5.74) is 6.58. The average Bonchev–Trinajstić information content (AvgIpc) is 2.56. The normalized spacial score (nSPS) is 13.1. The maximum atomic E-state index is 13.3. The van der Waals surface area contributed by atoms with E-state index in [1.807, 2.05) is 6.07 Å². The van der Waals surface area contributed by atoms with Crippen LogP contribution in [0.4, 0.5) is 4.39 Å². The Balaban J connectivity index is 2.11. The van der Waals surface area contributed by atoms with Gasteiger partial charge in [0, 0.05) is 13.5 Å². The lowest BCUT2D eigenvalue weighted by atomic mass is 10.0. The van der Waals surface area contributed by atoms with Crippen molar-refractivity contribution in [1.29, 1.82) is 0 Å². The van der Waals surface area contributed by atoms with Gasteiger partial charge in [0.1, 0.15) is 11.9 Å². The predicted octanol–water partition coefficient (Wildman–Crippen LogP) is 1.73. The second-order valence-electron chi connectivity index (χ2n) is 5.32. The third-order valence-electron chi connectivity index (χ3n) is 3.56. The summed E-state index contributed by atoms with van der Waals surface area (Å²) in [7, 11) is 1.41. The lowest BCUT2D eigenvalue weighted by Gasteiger charge is -2.20. The Labute approximate surface area is 139 Å². The van der Waals surface area contributed by atoms with Crippen molar-refractivity contribution in [2.24, 2.45) is 5.73 Å². The van der Waals surface area contributed by atoms with Gasteiger partial charge in [-0.15, -0.1) is 0 Å². The smallest absolute Gasteiger partial charge is 0.254 e. The molecule has 2 atom stereocenters. The number of nitrogens with two attached hydrogens (primary N) is 1. The van der Waals surface area contributed by atoms with E-state index in [0.717, 1.165) is 0 Å². The van der Waals surface area contributed by atoms with Crippen LogP contribution in [0.3, 0.4) is 0 Å². The van der Waals surface area contributed by atoms with Gasteiger partial charge in [0.05, 0.1) is 0 Å². The van der Waals surface area contributed by atoms with Crippen molar-refractivity contribution < 1.29 is 18.7 Å². The molecule has 0 aliphatic rings. The van der Waals surface area contributed by atoms with Gasteiger partial charge in [0.25, 0.3) is 5.91 Å². The molecular weight excluding hydrogens is 311 g/mol. The second kappa shape index (κ2) is 8.21. The van der Waals surface area contributed by atoms with Gasteiger partial charge >= 0.3 is 0 Å². The van der Waals surface area contributed by atoms with Crippen molar-refractivity contribution in [2.75, 3.05) is 7.11 Å². The highest BCUT2D eigenvalue weighted by atomic mass is 19.1. The summed E-state index contributed by atoms with van der Waals surface area (Å²) in [4.78, 5) is 24.1. The molecule has 5 nitrogen and oxygen atoms in total. The first kappa shape index (κ1) is 17.6. The maximum Gasteiger partial charge on any atom is 0.254 e. The number of methoxy groups -OCH3 is 1. The number of amides is 2. The number of halogens is 1. The van der Waals surface area contributed by atoms with Gasteiger partial charge in [0.2, 0.25) is 5.91 Å². The summed E-state index contributed by atoms with van der Waals surface area (Å²) in [5.74, 6) is -1.60. The number of carbonyl (C=O) groups excluding carboxylic acids is 2. The molecule has 2 rings (SSSR count). The van der Waals surface area contributed by atoms with Crippen LogP contribution in [-0.2, 0) is 20.7 Å². The van der Waals surface area contributed by atoms with Gasteiger partial charge in [0.15, 0.2) is 6.10 Å². The third-order valence-corrected chi connectivity index (χ3v) is 3.56. The van der Waals surface area contributed by atoms with Crippen LogP contribution in [0.15, 0.2) is 54.6 Å². The van der Waals surface area contributed by atoms with E-state index < -0.39 is 29.8 Å². The van der Waals surface area contributed by atoms with Crippen LogP contribution >= 0.6 is 0 Å². The molecular formula is C18H19FN2O3. The SMILES string of the molecule is CO[C@@H](C(=O)N[C@@H](Cc1cccc(F)c1)C(N)=O)c1ccccc1. The Kier molecular flexibility index (Phi) is 6.03. The van der Waals surface area contributed by atoms with Crippen LogP contribution in [-0.4, -0.2) is 25.0 Å². The van der Waals surface area contributed by atoms with Gasteiger partial charge < -0.3 is 15.8 Å². The van der Waals surface area contributed by atoms with Crippen LogP contribution < -0.4 is 11.1 Å². The molecule has 0 spiro atoms. The van der Waals surface area contributed by atoms with Crippen molar-refractivity contribution >= 4 is 11.8 Å². The Morgan fingerprint density at radius 2 is 1.88 bits per heavy atom. The minimum absolute atomic E-state index is 0.101. The summed E-state index contributed by atoms with van der Waals surface area (Å²) in [5, 5.41) is 2.57. The number of rotatable bonds is 7. The molecule has 3 N–H and O–H groups in total. The van der Waals surface area contributed by atoms with Gasteiger partial charge in [-0.3, -0.25) is 9.59 Å². The van der Waals surface area contributed by atoms with Crippen molar-refractivity contribution in [3.05, 3.63) is 71.5 Å². The number of primary amides is 1. The molecule has 0 aliphatic heterocycles. The minimum Gasteiger partial charge on any atom is -0.368 e. The fraction of sp³-hybridized carbons (Fsp3) is 0.222. The van der Waals surface area contributed by atoms with E-state index in [0.29, 0.717) is 11.1 Å². The number of ether oxygens (including phenoxy) is 1. The zero-order valence-electron chi connectivity index (χ0n) is 13.2. The van der Waals surface area contributed by atoms with Crippen LogP contribution in [0.2, 0.25) is 0 Å². The van der Waals surface area contributed by atoms with Crippen molar-refractivity contribution in [1.82, 2.24) is 5.32 Å². The van der Waals surface area contributed by atoms with Crippen LogP contribution in [0.25, 0.3) is 0 Å². The van der Waals surface area contributed by atoms with Gasteiger partial charge in [-0.25, -0.2) is 4.39 Å². The zero-order chi connectivity index (χ0) is 17.5. The van der Waals surface area contributed by atoms with E-state index in [2.05, 4.69) is 5.32 Å². The number of hydrogen-bond donors (Lipinski definition) is 2. The summed E-state index contributed by atoms with van der Waals surface area (Å²) >= 11 is 0. The number of benzene rings is 2. The lowest BCUT2D eigenvalue weighted by molar-refractivity contribution is -0.134. The number of hydrogen-bond acceptors (Lipinski definition) is 3. The maximum absolute atomic E-state index is 13.3. The molecule has 0 aliphatic carbocycles.